The molecule has 0 radical (unpaired) electrons. The highest BCUT2D eigenvalue weighted by atomic mass is 19.4. The summed E-state index contributed by atoms with van der Waals surface area (Å²) in [7, 11) is 0. The van der Waals surface area contributed by atoms with Gasteiger partial charge in [0.2, 0.25) is 0 Å². The number of carbonyl (C=O) groups is 1. The van der Waals surface area contributed by atoms with E-state index in [0.717, 1.165) is 12.1 Å². The normalized spacial score (nSPS) is 20.0. The zero-order chi connectivity index (χ0) is 14.9. The molecule has 1 aliphatic heterocycles. The second-order valence-electron chi connectivity index (χ2n) is 4.73. The van der Waals surface area contributed by atoms with Gasteiger partial charge in [0.05, 0.1) is 5.56 Å². The lowest BCUT2D eigenvalue weighted by Gasteiger charge is -2.33. The van der Waals surface area contributed by atoms with Gasteiger partial charge in [0.25, 0.3) is 5.91 Å². The summed E-state index contributed by atoms with van der Waals surface area (Å²) in [6, 6.07) is 1.95. The van der Waals surface area contributed by atoms with Crippen LogP contribution in [0.15, 0.2) is 12.1 Å². The molecule has 0 spiro atoms. The topological polar surface area (TPSA) is 71.2 Å². The van der Waals surface area contributed by atoms with E-state index in [-0.39, 0.29) is 17.4 Å². The van der Waals surface area contributed by atoms with Crippen molar-refractivity contribution in [3.8, 4) is 0 Å². The van der Waals surface area contributed by atoms with E-state index in [4.69, 9.17) is 5.73 Å². The van der Waals surface area contributed by atoms with Crippen molar-refractivity contribution in [1.29, 1.82) is 0 Å². The monoisotopic (exact) mass is 288 g/mol. The van der Waals surface area contributed by atoms with Gasteiger partial charge in [-0.25, -0.2) is 4.98 Å². The highest BCUT2D eigenvalue weighted by molar-refractivity contribution is 5.97. The zero-order valence-electron chi connectivity index (χ0n) is 10.9. The fourth-order valence-electron chi connectivity index (χ4n) is 2.16. The minimum Gasteiger partial charge on any atom is -0.365 e. The molecular formula is C12H15F3N4O. The first-order valence-electron chi connectivity index (χ1n) is 6.15. The van der Waals surface area contributed by atoms with Gasteiger partial charge < -0.3 is 16.0 Å². The van der Waals surface area contributed by atoms with E-state index in [1.807, 2.05) is 6.92 Å². The van der Waals surface area contributed by atoms with Gasteiger partial charge in [0.1, 0.15) is 11.5 Å². The molecular weight excluding hydrogens is 273 g/mol. The maximum atomic E-state index is 12.7. The Morgan fingerprint density at radius 2 is 2.20 bits per heavy atom. The fraction of sp³-hybridized carbons (Fsp3) is 0.500. The largest absolute Gasteiger partial charge is 0.433 e. The number of hydrogen-bond acceptors (Lipinski definition) is 4. The molecule has 3 N–H and O–H groups in total. The number of amides is 1. The summed E-state index contributed by atoms with van der Waals surface area (Å²) >= 11 is 0. The number of nitrogens with zero attached hydrogens (tertiary/aromatic N) is 2. The van der Waals surface area contributed by atoms with Crippen molar-refractivity contribution in [2.75, 3.05) is 24.5 Å². The first-order chi connectivity index (χ1) is 9.29. The molecule has 1 unspecified atom stereocenters. The molecule has 0 bridgehead atoms. The Balaban J connectivity index is 2.44. The third-order valence-electron chi connectivity index (χ3n) is 3.10. The van der Waals surface area contributed by atoms with Crippen LogP contribution < -0.4 is 16.0 Å². The number of primary amides is 1. The van der Waals surface area contributed by atoms with Gasteiger partial charge in [-0.05, 0) is 19.1 Å². The number of nitrogens with one attached hydrogen (secondary N) is 1. The van der Waals surface area contributed by atoms with Gasteiger partial charge in [-0.2, -0.15) is 13.2 Å². The summed E-state index contributed by atoms with van der Waals surface area (Å²) in [5.74, 6) is -0.784. The van der Waals surface area contributed by atoms with Gasteiger partial charge >= 0.3 is 6.18 Å². The summed E-state index contributed by atoms with van der Waals surface area (Å²) in [5.41, 5.74) is 4.19. The minimum atomic E-state index is -4.55. The molecule has 0 aliphatic carbocycles. The molecule has 0 aromatic carbocycles. The van der Waals surface area contributed by atoms with E-state index in [2.05, 4.69) is 10.3 Å². The number of alkyl halides is 3. The number of aromatic nitrogens is 1. The van der Waals surface area contributed by atoms with Crippen LogP contribution in [0.1, 0.15) is 23.0 Å². The molecule has 1 atom stereocenters. The average molecular weight is 288 g/mol. The highest BCUT2D eigenvalue weighted by Crippen LogP contribution is 2.30. The van der Waals surface area contributed by atoms with Gasteiger partial charge in [-0.3, -0.25) is 4.79 Å². The first-order valence-corrected chi connectivity index (χ1v) is 6.15. The molecule has 5 nitrogen and oxygen atoms in total. The maximum absolute atomic E-state index is 12.7. The van der Waals surface area contributed by atoms with Crippen molar-refractivity contribution in [3.05, 3.63) is 23.4 Å². The Bertz CT molecular complexity index is 518. The van der Waals surface area contributed by atoms with Crippen LogP contribution in [0.2, 0.25) is 0 Å². The van der Waals surface area contributed by atoms with Crippen molar-refractivity contribution >= 4 is 11.7 Å². The Morgan fingerprint density at radius 3 is 2.75 bits per heavy atom. The third kappa shape index (κ3) is 3.01. The molecule has 110 valence electrons. The lowest BCUT2D eigenvalue weighted by atomic mass is 10.1. The molecule has 2 heterocycles. The van der Waals surface area contributed by atoms with Crippen molar-refractivity contribution in [1.82, 2.24) is 10.3 Å². The molecule has 1 fully saturated rings. The average Bonchev–Trinajstić information content (AvgIpc) is 2.37. The van der Waals surface area contributed by atoms with Crippen molar-refractivity contribution in [2.45, 2.75) is 19.1 Å². The van der Waals surface area contributed by atoms with Crippen LogP contribution in [0.5, 0.6) is 0 Å². The smallest absolute Gasteiger partial charge is 0.365 e. The van der Waals surface area contributed by atoms with Crippen LogP contribution in [0.4, 0.5) is 19.0 Å². The van der Waals surface area contributed by atoms with Crippen molar-refractivity contribution in [3.63, 3.8) is 0 Å². The lowest BCUT2D eigenvalue weighted by Crippen LogP contribution is -2.50. The van der Waals surface area contributed by atoms with Gasteiger partial charge in [-0.15, -0.1) is 0 Å². The number of pyridine rings is 1. The highest BCUT2D eigenvalue weighted by Gasteiger charge is 2.34. The predicted molar refractivity (Wildman–Crippen MR) is 67.4 cm³/mol. The number of rotatable bonds is 2. The van der Waals surface area contributed by atoms with Crippen LogP contribution >= 0.6 is 0 Å². The number of halogens is 3. The van der Waals surface area contributed by atoms with E-state index in [1.54, 1.807) is 4.90 Å². The Hall–Kier alpha value is -1.83. The SMILES string of the molecule is CC1CN(c2nc(C(F)(F)F)ccc2C(N)=O)CCN1. The number of hydrogen-bond donors (Lipinski definition) is 2. The molecule has 1 aliphatic rings. The minimum absolute atomic E-state index is 0.000625. The first kappa shape index (κ1) is 14.6. The van der Waals surface area contributed by atoms with Crippen LogP contribution in [-0.2, 0) is 6.18 Å². The quantitative estimate of drug-likeness (QED) is 0.851. The number of piperazine rings is 1. The second kappa shape index (κ2) is 5.28. The van der Waals surface area contributed by atoms with E-state index in [0.29, 0.717) is 19.6 Å². The standard InChI is InChI=1S/C12H15F3N4O/c1-7-6-19(5-4-17-7)11-8(10(16)20)2-3-9(18-11)12(13,14)15/h2-3,7,17H,4-6H2,1H3,(H2,16,20). The maximum Gasteiger partial charge on any atom is 0.433 e. The van der Waals surface area contributed by atoms with E-state index in [9.17, 15) is 18.0 Å². The zero-order valence-corrected chi connectivity index (χ0v) is 10.9. The summed E-state index contributed by atoms with van der Waals surface area (Å²) < 4.78 is 38.2. The van der Waals surface area contributed by atoms with Crippen molar-refractivity contribution < 1.29 is 18.0 Å². The fourth-order valence-corrected chi connectivity index (χ4v) is 2.16. The Kier molecular flexibility index (Phi) is 3.85. The summed E-state index contributed by atoms with van der Waals surface area (Å²) in [6.07, 6.45) is -4.55. The molecule has 1 aromatic heterocycles. The number of carbonyl (C=O) groups excluding carboxylic acids is 1. The molecule has 8 heteroatoms. The van der Waals surface area contributed by atoms with Gasteiger partial charge in [-0.1, -0.05) is 0 Å². The van der Waals surface area contributed by atoms with Crippen molar-refractivity contribution in [2.24, 2.45) is 5.73 Å². The van der Waals surface area contributed by atoms with Crippen LogP contribution in [0, 0.1) is 0 Å². The third-order valence-corrected chi connectivity index (χ3v) is 3.10. The summed E-state index contributed by atoms with van der Waals surface area (Å²) in [5, 5.41) is 3.17. The van der Waals surface area contributed by atoms with E-state index in [1.165, 1.54) is 0 Å². The lowest BCUT2D eigenvalue weighted by molar-refractivity contribution is -0.141. The van der Waals surface area contributed by atoms with Crippen LogP contribution in [0.25, 0.3) is 0 Å². The number of anilines is 1. The molecule has 0 saturated carbocycles. The molecule has 2 rings (SSSR count). The summed E-state index contributed by atoms with van der Waals surface area (Å²) in [4.78, 5) is 16.6. The van der Waals surface area contributed by atoms with Crippen LogP contribution in [-0.4, -0.2) is 36.6 Å². The number of nitrogens with two attached hydrogens (primary N) is 1. The second-order valence-corrected chi connectivity index (χ2v) is 4.73. The Labute approximate surface area is 114 Å². The molecule has 1 amide bonds. The summed E-state index contributed by atoms with van der Waals surface area (Å²) in [6.45, 7) is 3.45. The molecule has 1 saturated heterocycles. The van der Waals surface area contributed by atoms with E-state index >= 15 is 0 Å². The Morgan fingerprint density at radius 1 is 1.50 bits per heavy atom. The molecule has 1 aromatic rings. The van der Waals surface area contributed by atoms with Gasteiger partial charge in [0.15, 0.2) is 0 Å². The van der Waals surface area contributed by atoms with Gasteiger partial charge in [0, 0.05) is 25.7 Å². The predicted octanol–water partition coefficient (Wildman–Crippen LogP) is 0.997. The molecule has 20 heavy (non-hydrogen) atoms. The van der Waals surface area contributed by atoms with E-state index < -0.39 is 17.8 Å². The van der Waals surface area contributed by atoms with Crippen LogP contribution in [0.3, 0.4) is 0 Å².